The van der Waals surface area contributed by atoms with Crippen molar-refractivity contribution >= 4 is 0 Å². The molecule has 0 unspecified atom stereocenters. The molecule has 0 amide bonds. The maximum atomic E-state index is 0. The van der Waals surface area contributed by atoms with Crippen molar-refractivity contribution in [2.75, 3.05) is 0 Å². The van der Waals surface area contributed by atoms with Crippen LogP contribution in [0.4, 0.5) is 14.1 Å². The van der Waals surface area contributed by atoms with Gasteiger partial charge >= 0.3 is 0 Å². The summed E-state index contributed by atoms with van der Waals surface area (Å²) in [5, 5.41) is 0. The standard InChI is InChI=1S/Cr.3FH/h;3*1H. The molecule has 0 saturated heterocycles. The van der Waals surface area contributed by atoms with Gasteiger partial charge in [-0.15, -0.1) is 0 Å². The normalized spacial score (nSPS) is 0. The van der Waals surface area contributed by atoms with Crippen LogP contribution in [0.1, 0.15) is 0 Å². The molecule has 4 heavy (non-hydrogen) atoms. The first kappa shape index (κ1) is 459. The summed E-state index contributed by atoms with van der Waals surface area (Å²) in [5.41, 5.74) is 0. The maximum Gasteiger partial charge on any atom is 0 e. The monoisotopic (exact) mass is 112 g/mol. The molecule has 0 aromatic carbocycles. The molecule has 0 N–H and O–H groups in total. The zero-order chi connectivity index (χ0) is 0. The van der Waals surface area contributed by atoms with E-state index in [-0.39, 0.29) is 31.5 Å². The molecule has 0 aliphatic rings. The second kappa shape index (κ2) is 172. The molecule has 0 bridgehead atoms. The zero-order valence-electron chi connectivity index (χ0n) is 1.63. The van der Waals surface area contributed by atoms with E-state index in [1.54, 1.807) is 0 Å². The van der Waals surface area contributed by atoms with Gasteiger partial charge in [0.2, 0.25) is 0 Å². The Kier molecular flexibility index (Phi) is 19800. The summed E-state index contributed by atoms with van der Waals surface area (Å²) in [6.07, 6.45) is 0. The van der Waals surface area contributed by atoms with Crippen LogP contribution in [-0.2, 0) is 17.4 Å². The summed E-state index contributed by atoms with van der Waals surface area (Å²) < 4.78 is 0. The molecule has 0 fully saturated rings. The molecule has 0 heterocycles. The Balaban J connectivity index is 0. The van der Waals surface area contributed by atoms with Gasteiger partial charge in [-0.3, -0.25) is 14.1 Å². The van der Waals surface area contributed by atoms with Crippen molar-refractivity contribution in [2.45, 2.75) is 0 Å². The smallest absolute Gasteiger partial charge is 0 e. The predicted octanol–water partition coefficient (Wildman–Crippen LogP) is 0.455. The van der Waals surface area contributed by atoms with Crippen LogP contribution in [0.15, 0.2) is 0 Å². The summed E-state index contributed by atoms with van der Waals surface area (Å²) in [4.78, 5) is 0. The number of halogens is 3. The van der Waals surface area contributed by atoms with Gasteiger partial charge in [0.05, 0.1) is 0 Å². The minimum absolute atomic E-state index is 0. The van der Waals surface area contributed by atoms with Gasteiger partial charge in [-0.2, -0.15) is 0 Å². The average Bonchev–Trinajstić information content (AvgIpc) is 0. The van der Waals surface area contributed by atoms with Crippen LogP contribution in [0, 0.1) is 0 Å². The molecule has 0 aliphatic carbocycles. The molecular formula is H3CrF3. The molecule has 0 spiro atoms. The molecule has 0 aliphatic heterocycles. The van der Waals surface area contributed by atoms with Gasteiger partial charge in [0.1, 0.15) is 0 Å². The van der Waals surface area contributed by atoms with E-state index < -0.39 is 0 Å². The quantitative estimate of drug-likeness (QED) is 0.427. The molecule has 30 valence electrons. The summed E-state index contributed by atoms with van der Waals surface area (Å²) in [6, 6.07) is 0. The molecule has 0 rings (SSSR count). The second-order valence-corrected chi connectivity index (χ2v) is 0. The van der Waals surface area contributed by atoms with E-state index in [0.717, 1.165) is 0 Å². The third-order valence-electron chi connectivity index (χ3n) is 0. The number of hydrogen-bond acceptors (Lipinski definition) is 0. The Labute approximate surface area is 32.4 Å². The van der Waals surface area contributed by atoms with Gasteiger partial charge in [0.15, 0.2) is 0 Å². The molecule has 4 heteroatoms. The SMILES string of the molecule is F.F.F.[Cr]. The fourth-order valence-electron chi connectivity index (χ4n) is 0. The molecule has 0 radical (unpaired) electrons. The van der Waals surface area contributed by atoms with Crippen molar-refractivity contribution in [1.82, 2.24) is 0 Å². The summed E-state index contributed by atoms with van der Waals surface area (Å²) in [6.45, 7) is 0. The largest absolute Gasteiger partial charge is 0.269 e. The van der Waals surface area contributed by atoms with Gasteiger partial charge in [0.25, 0.3) is 0 Å². The Bertz CT molecular complexity index is 3.25. The van der Waals surface area contributed by atoms with Crippen LogP contribution in [0.3, 0.4) is 0 Å². The Morgan fingerprint density at radius 3 is 0.500 bits per heavy atom. The molecule has 0 nitrogen and oxygen atoms in total. The van der Waals surface area contributed by atoms with E-state index in [9.17, 15) is 0 Å². The summed E-state index contributed by atoms with van der Waals surface area (Å²) >= 11 is 0. The van der Waals surface area contributed by atoms with Gasteiger partial charge < -0.3 is 0 Å². The average molecular weight is 112 g/mol. The van der Waals surface area contributed by atoms with Gasteiger partial charge in [0, 0.05) is 17.4 Å². The maximum absolute atomic E-state index is 0. The number of hydrogen-bond donors (Lipinski definition) is 0. The third-order valence-corrected chi connectivity index (χ3v) is 0. The van der Waals surface area contributed by atoms with Crippen molar-refractivity contribution in [1.29, 1.82) is 0 Å². The molecule has 0 saturated carbocycles. The fourth-order valence-corrected chi connectivity index (χ4v) is 0. The minimum atomic E-state index is 0. The Morgan fingerprint density at radius 1 is 0.500 bits per heavy atom. The number of rotatable bonds is 0. The second-order valence-electron chi connectivity index (χ2n) is 0. The van der Waals surface area contributed by atoms with E-state index in [0.29, 0.717) is 0 Å². The Morgan fingerprint density at radius 2 is 0.500 bits per heavy atom. The van der Waals surface area contributed by atoms with Crippen LogP contribution >= 0.6 is 0 Å². The van der Waals surface area contributed by atoms with Crippen molar-refractivity contribution in [3.63, 3.8) is 0 Å². The van der Waals surface area contributed by atoms with Crippen LogP contribution in [0.25, 0.3) is 0 Å². The summed E-state index contributed by atoms with van der Waals surface area (Å²) in [5.74, 6) is 0. The van der Waals surface area contributed by atoms with Crippen molar-refractivity contribution in [2.24, 2.45) is 0 Å². The summed E-state index contributed by atoms with van der Waals surface area (Å²) in [7, 11) is 0. The van der Waals surface area contributed by atoms with Gasteiger partial charge in [-0.25, -0.2) is 0 Å². The minimum Gasteiger partial charge on any atom is -0.269 e. The van der Waals surface area contributed by atoms with Crippen molar-refractivity contribution < 1.29 is 31.5 Å². The first-order chi connectivity index (χ1) is 0. The van der Waals surface area contributed by atoms with Crippen LogP contribution in [0.5, 0.6) is 0 Å². The van der Waals surface area contributed by atoms with Crippen molar-refractivity contribution in [3.05, 3.63) is 0 Å². The fraction of sp³-hybridized carbons (Fsp3) is 0. The molecule has 0 aromatic rings. The zero-order valence-corrected chi connectivity index (χ0v) is 2.91. The van der Waals surface area contributed by atoms with Crippen LogP contribution < -0.4 is 0 Å². The van der Waals surface area contributed by atoms with E-state index in [1.165, 1.54) is 0 Å². The van der Waals surface area contributed by atoms with Crippen LogP contribution in [0.2, 0.25) is 0 Å². The third kappa shape index (κ3) is 39.1. The van der Waals surface area contributed by atoms with E-state index in [4.69, 9.17) is 0 Å². The topological polar surface area (TPSA) is 0 Å². The van der Waals surface area contributed by atoms with Crippen molar-refractivity contribution in [3.8, 4) is 0 Å². The predicted molar refractivity (Wildman–Crippen MR) is 7.51 cm³/mol. The van der Waals surface area contributed by atoms with E-state index in [1.807, 2.05) is 0 Å². The van der Waals surface area contributed by atoms with Crippen LogP contribution in [-0.4, -0.2) is 0 Å². The van der Waals surface area contributed by atoms with E-state index in [2.05, 4.69) is 0 Å². The first-order valence-electron chi connectivity index (χ1n) is 0. The first-order valence-corrected chi connectivity index (χ1v) is 0. The van der Waals surface area contributed by atoms with Gasteiger partial charge in [-0.05, 0) is 0 Å². The Hall–Kier alpha value is 0.322. The van der Waals surface area contributed by atoms with Gasteiger partial charge in [-0.1, -0.05) is 0 Å². The molecular weight excluding hydrogens is 109 g/mol. The molecule has 0 atom stereocenters. The van der Waals surface area contributed by atoms with E-state index >= 15 is 0 Å². The molecule has 0 aromatic heterocycles.